The average molecular weight is 241 g/mol. The molecule has 0 saturated heterocycles. The van der Waals surface area contributed by atoms with Gasteiger partial charge in [0, 0.05) is 5.56 Å². The Kier molecular flexibility index (Phi) is 2.51. The lowest BCUT2D eigenvalue weighted by atomic mass is 10.2. The van der Waals surface area contributed by atoms with Gasteiger partial charge in [0.05, 0.1) is 4.90 Å². The molecule has 0 bridgehead atoms. The smallest absolute Gasteiger partial charge is 0.225 e. The van der Waals surface area contributed by atoms with Gasteiger partial charge in [-0.05, 0) is 23.7 Å². The summed E-state index contributed by atoms with van der Waals surface area (Å²) >= 11 is 1.20. The molecule has 0 unspecified atom stereocenters. The molecule has 1 aromatic carbocycles. The standard InChI is InChI=1S/C8H7N3O2S2/c9-15(12,13)7-3-1-2-6(4-7)8-10-5-11-14-8/h1-5H,(H2,9,12,13). The summed E-state index contributed by atoms with van der Waals surface area (Å²) in [5.41, 5.74) is 0.698. The molecule has 0 atom stereocenters. The SMILES string of the molecule is NS(=O)(=O)c1cccc(-c2ncns2)c1. The van der Waals surface area contributed by atoms with Crippen LogP contribution < -0.4 is 5.14 Å². The molecule has 0 amide bonds. The van der Waals surface area contributed by atoms with Crippen molar-refractivity contribution in [1.29, 1.82) is 0 Å². The van der Waals surface area contributed by atoms with Crippen molar-refractivity contribution in [3.05, 3.63) is 30.6 Å². The minimum atomic E-state index is -3.66. The molecule has 0 aliphatic rings. The summed E-state index contributed by atoms with van der Waals surface area (Å²) < 4.78 is 26.0. The molecule has 0 aliphatic carbocycles. The van der Waals surface area contributed by atoms with Crippen molar-refractivity contribution in [1.82, 2.24) is 9.36 Å². The van der Waals surface area contributed by atoms with E-state index in [2.05, 4.69) is 9.36 Å². The molecule has 7 heteroatoms. The molecule has 2 rings (SSSR count). The van der Waals surface area contributed by atoms with Crippen LogP contribution in [0, 0.1) is 0 Å². The lowest BCUT2D eigenvalue weighted by molar-refractivity contribution is 0.598. The highest BCUT2D eigenvalue weighted by Gasteiger charge is 2.09. The van der Waals surface area contributed by atoms with Gasteiger partial charge in [0.1, 0.15) is 11.3 Å². The minimum Gasteiger partial charge on any atom is -0.225 e. The van der Waals surface area contributed by atoms with Crippen LogP contribution in [0.5, 0.6) is 0 Å². The highest BCUT2D eigenvalue weighted by molar-refractivity contribution is 7.89. The minimum absolute atomic E-state index is 0.0789. The highest BCUT2D eigenvalue weighted by atomic mass is 32.2. The number of hydrogen-bond donors (Lipinski definition) is 1. The summed E-state index contributed by atoms with van der Waals surface area (Å²) in [6, 6.07) is 6.31. The fourth-order valence-corrected chi connectivity index (χ4v) is 2.19. The quantitative estimate of drug-likeness (QED) is 0.844. The van der Waals surface area contributed by atoms with Crippen LogP contribution in [-0.2, 0) is 10.0 Å². The van der Waals surface area contributed by atoms with E-state index in [0.29, 0.717) is 10.6 Å². The molecule has 2 aromatic rings. The third-order valence-corrected chi connectivity index (χ3v) is 3.40. The summed E-state index contributed by atoms with van der Waals surface area (Å²) in [4.78, 5) is 4.06. The Bertz CT molecular complexity index is 563. The molecule has 0 radical (unpaired) electrons. The van der Waals surface area contributed by atoms with E-state index in [1.165, 1.54) is 30.0 Å². The van der Waals surface area contributed by atoms with Crippen LogP contribution in [-0.4, -0.2) is 17.8 Å². The predicted octanol–water partition coefficient (Wildman–Crippen LogP) is 0.853. The second-order valence-electron chi connectivity index (χ2n) is 2.82. The largest absolute Gasteiger partial charge is 0.238 e. The van der Waals surface area contributed by atoms with Crippen molar-refractivity contribution in [2.75, 3.05) is 0 Å². The van der Waals surface area contributed by atoms with E-state index in [1.807, 2.05) is 0 Å². The van der Waals surface area contributed by atoms with Gasteiger partial charge in [0.15, 0.2) is 0 Å². The first-order chi connectivity index (χ1) is 7.07. The van der Waals surface area contributed by atoms with Crippen LogP contribution in [0.3, 0.4) is 0 Å². The lowest BCUT2D eigenvalue weighted by Crippen LogP contribution is -2.11. The lowest BCUT2D eigenvalue weighted by Gasteiger charge is -1.99. The molecule has 2 N–H and O–H groups in total. The topological polar surface area (TPSA) is 85.9 Å². The van der Waals surface area contributed by atoms with Crippen molar-refractivity contribution in [3.63, 3.8) is 0 Å². The van der Waals surface area contributed by atoms with Gasteiger partial charge in [-0.1, -0.05) is 12.1 Å². The Balaban J connectivity index is 2.53. The van der Waals surface area contributed by atoms with Gasteiger partial charge < -0.3 is 0 Å². The molecule has 78 valence electrons. The molecule has 5 nitrogen and oxygen atoms in total. The maximum absolute atomic E-state index is 11.1. The number of hydrogen-bond acceptors (Lipinski definition) is 5. The number of benzene rings is 1. The maximum Gasteiger partial charge on any atom is 0.238 e. The number of nitrogens with two attached hydrogens (primary N) is 1. The van der Waals surface area contributed by atoms with Crippen molar-refractivity contribution >= 4 is 21.6 Å². The van der Waals surface area contributed by atoms with Crippen molar-refractivity contribution in [2.45, 2.75) is 4.90 Å². The van der Waals surface area contributed by atoms with Gasteiger partial charge in [-0.25, -0.2) is 18.5 Å². The Labute approximate surface area is 90.8 Å². The second-order valence-corrected chi connectivity index (χ2v) is 5.16. The molecule has 15 heavy (non-hydrogen) atoms. The summed E-state index contributed by atoms with van der Waals surface area (Å²) in [6.45, 7) is 0. The van der Waals surface area contributed by atoms with E-state index in [-0.39, 0.29) is 4.90 Å². The first kappa shape index (κ1) is 10.2. The third-order valence-electron chi connectivity index (χ3n) is 1.77. The van der Waals surface area contributed by atoms with E-state index in [1.54, 1.807) is 12.1 Å². The van der Waals surface area contributed by atoms with E-state index in [4.69, 9.17) is 5.14 Å². The molecular formula is C8H7N3O2S2. The van der Waals surface area contributed by atoms with Gasteiger partial charge in [-0.2, -0.15) is 4.37 Å². The Morgan fingerprint density at radius 3 is 2.73 bits per heavy atom. The summed E-state index contributed by atoms with van der Waals surface area (Å²) in [5.74, 6) is 0. The number of sulfonamides is 1. The van der Waals surface area contributed by atoms with Gasteiger partial charge >= 0.3 is 0 Å². The molecular weight excluding hydrogens is 234 g/mol. The van der Waals surface area contributed by atoms with Crippen LogP contribution in [0.25, 0.3) is 10.6 Å². The van der Waals surface area contributed by atoms with E-state index in [0.717, 1.165) is 0 Å². The fraction of sp³-hybridized carbons (Fsp3) is 0. The molecule has 1 heterocycles. The maximum atomic E-state index is 11.1. The van der Waals surface area contributed by atoms with Crippen LogP contribution in [0.4, 0.5) is 0 Å². The van der Waals surface area contributed by atoms with Gasteiger partial charge in [-0.3, -0.25) is 0 Å². The van der Waals surface area contributed by atoms with Crippen molar-refractivity contribution < 1.29 is 8.42 Å². The number of primary sulfonamides is 1. The molecule has 0 spiro atoms. The normalized spacial score (nSPS) is 11.5. The number of aromatic nitrogens is 2. The zero-order chi connectivity index (χ0) is 10.9. The van der Waals surface area contributed by atoms with Crippen LogP contribution in [0.1, 0.15) is 0 Å². The number of nitrogens with zero attached hydrogens (tertiary/aromatic N) is 2. The van der Waals surface area contributed by atoms with Crippen LogP contribution in [0.2, 0.25) is 0 Å². The molecule has 1 aromatic heterocycles. The first-order valence-electron chi connectivity index (χ1n) is 3.97. The third kappa shape index (κ3) is 2.20. The fourth-order valence-electron chi connectivity index (χ4n) is 1.11. The van der Waals surface area contributed by atoms with Crippen LogP contribution >= 0.6 is 11.5 Å². The van der Waals surface area contributed by atoms with Crippen molar-refractivity contribution in [3.8, 4) is 10.6 Å². The second kappa shape index (κ2) is 3.69. The number of rotatable bonds is 2. The zero-order valence-electron chi connectivity index (χ0n) is 7.49. The first-order valence-corrected chi connectivity index (χ1v) is 6.29. The average Bonchev–Trinajstić information content (AvgIpc) is 2.69. The Morgan fingerprint density at radius 1 is 1.33 bits per heavy atom. The van der Waals surface area contributed by atoms with Crippen LogP contribution in [0.15, 0.2) is 35.5 Å². The summed E-state index contributed by atoms with van der Waals surface area (Å²) in [7, 11) is -3.66. The highest BCUT2D eigenvalue weighted by Crippen LogP contribution is 2.22. The van der Waals surface area contributed by atoms with Crippen molar-refractivity contribution in [2.24, 2.45) is 5.14 Å². The monoisotopic (exact) mass is 241 g/mol. The summed E-state index contributed by atoms with van der Waals surface area (Å²) in [6.07, 6.45) is 1.42. The Morgan fingerprint density at radius 2 is 2.13 bits per heavy atom. The van der Waals surface area contributed by atoms with E-state index < -0.39 is 10.0 Å². The van der Waals surface area contributed by atoms with Gasteiger partial charge in [-0.15, -0.1) is 0 Å². The molecule has 0 aliphatic heterocycles. The zero-order valence-corrected chi connectivity index (χ0v) is 9.12. The predicted molar refractivity (Wildman–Crippen MR) is 56.7 cm³/mol. The molecule has 0 saturated carbocycles. The van der Waals surface area contributed by atoms with Gasteiger partial charge in [0.25, 0.3) is 0 Å². The Hall–Kier alpha value is -1.31. The van der Waals surface area contributed by atoms with E-state index >= 15 is 0 Å². The molecule has 0 fully saturated rings. The van der Waals surface area contributed by atoms with Gasteiger partial charge in [0.2, 0.25) is 10.0 Å². The summed E-state index contributed by atoms with van der Waals surface area (Å²) in [5, 5.41) is 5.69. The van der Waals surface area contributed by atoms with E-state index in [9.17, 15) is 8.42 Å².